The largest absolute Gasteiger partial charge is 0.493 e. The molecule has 5 nitrogen and oxygen atoms in total. The van der Waals surface area contributed by atoms with E-state index in [1.165, 1.54) is 5.56 Å². The van der Waals surface area contributed by atoms with Gasteiger partial charge in [-0.25, -0.2) is 0 Å². The summed E-state index contributed by atoms with van der Waals surface area (Å²) in [6.45, 7) is 8.41. The van der Waals surface area contributed by atoms with Gasteiger partial charge in [0.05, 0.1) is 19.3 Å². The van der Waals surface area contributed by atoms with E-state index in [2.05, 4.69) is 17.4 Å². The second kappa shape index (κ2) is 12.2. The van der Waals surface area contributed by atoms with Crippen LogP contribution in [0.25, 0.3) is 0 Å². The summed E-state index contributed by atoms with van der Waals surface area (Å²) in [7, 11) is 1.63. The van der Waals surface area contributed by atoms with Crippen LogP contribution in [0.2, 0.25) is 0 Å². The van der Waals surface area contributed by atoms with E-state index in [4.69, 9.17) is 14.2 Å². The number of methoxy groups -OCH3 is 1. The standard InChI is InChI=1S/C25H35NO4/c1-18(2)29-22-13-12-21(17-24(22)28-5)15-16-26-25(27)23(30-19(3)4)14-11-20-9-7-6-8-10-20/h6-10,12-13,17-19,23H,11,14-16H2,1-5H3,(H,26,27)/t23-/m1/s1. The van der Waals surface area contributed by atoms with E-state index >= 15 is 0 Å². The summed E-state index contributed by atoms with van der Waals surface area (Å²) in [6.07, 6.45) is 1.79. The van der Waals surface area contributed by atoms with E-state index in [0.717, 1.165) is 17.7 Å². The molecule has 164 valence electrons. The predicted octanol–water partition coefficient (Wildman–Crippen LogP) is 4.57. The maximum absolute atomic E-state index is 12.7. The first-order valence-corrected chi connectivity index (χ1v) is 10.7. The molecule has 1 amide bonds. The van der Waals surface area contributed by atoms with Gasteiger partial charge in [-0.2, -0.15) is 0 Å². The summed E-state index contributed by atoms with van der Waals surface area (Å²) in [6, 6.07) is 16.0. The Kier molecular flexibility index (Phi) is 9.68. The molecule has 2 aromatic carbocycles. The highest BCUT2D eigenvalue weighted by atomic mass is 16.5. The van der Waals surface area contributed by atoms with Crippen LogP contribution in [0.15, 0.2) is 48.5 Å². The molecule has 0 fully saturated rings. The Morgan fingerprint density at radius 2 is 1.63 bits per heavy atom. The van der Waals surface area contributed by atoms with E-state index in [1.54, 1.807) is 7.11 Å². The summed E-state index contributed by atoms with van der Waals surface area (Å²) < 4.78 is 17.1. The first-order valence-electron chi connectivity index (χ1n) is 10.7. The molecule has 2 aromatic rings. The third-order valence-electron chi connectivity index (χ3n) is 4.57. The monoisotopic (exact) mass is 413 g/mol. The number of nitrogens with one attached hydrogen (secondary N) is 1. The number of hydrogen-bond donors (Lipinski definition) is 1. The van der Waals surface area contributed by atoms with Gasteiger partial charge >= 0.3 is 0 Å². The molecule has 0 unspecified atom stereocenters. The first kappa shape index (κ1) is 23.7. The second-order valence-corrected chi connectivity index (χ2v) is 7.89. The SMILES string of the molecule is COc1cc(CCNC(=O)[C@@H](CCc2ccccc2)OC(C)C)ccc1OC(C)C. The van der Waals surface area contributed by atoms with Crippen molar-refractivity contribution in [3.63, 3.8) is 0 Å². The Morgan fingerprint density at radius 3 is 2.27 bits per heavy atom. The third-order valence-corrected chi connectivity index (χ3v) is 4.57. The summed E-state index contributed by atoms with van der Waals surface area (Å²) in [5.74, 6) is 1.37. The van der Waals surface area contributed by atoms with Gasteiger partial charge in [-0.3, -0.25) is 4.79 Å². The molecular weight excluding hydrogens is 378 g/mol. The molecule has 0 saturated heterocycles. The number of carbonyl (C=O) groups excluding carboxylic acids is 1. The van der Waals surface area contributed by atoms with E-state index in [9.17, 15) is 4.79 Å². The van der Waals surface area contributed by atoms with Crippen molar-refractivity contribution < 1.29 is 19.0 Å². The molecule has 30 heavy (non-hydrogen) atoms. The normalized spacial score (nSPS) is 12.1. The van der Waals surface area contributed by atoms with Crippen LogP contribution >= 0.6 is 0 Å². The highest BCUT2D eigenvalue weighted by Crippen LogP contribution is 2.29. The molecular formula is C25H35NO4. The number of amides is 1. The van der Waals surface area contributed by atoms with Crippen LogP contribution in [-0.2, 0) is 22.4 Å². The molecule has 0 aliphatic carbocycles. The van der Waals surface area contributed by atoms with Gasteiger partial charge in [0.2, 0.25) is 5.91 Å². The molecule has 2 rings (SSSR count). The van der Waals surface area contributed by atoms with Crippen LogP contribution in [0.3, 0.4) is 0 Å². The van der Waals surface area contributed by atoms with Gasteiger partial charge in [0.1, 0.15) is 6.10 Å². The minimum atomic E-state index is -0.457. The van der Waals surface area contributed by atoms with Crippen LogP contribution in [-0.4, -0.2) is 37.9 Å². The quantitative estimate of drug-likeness (QED) is 0.554. The third kappa shape index (κ3) is 8.07. The molecule has 0 aliphatic heterocycles. The summed E-state index contributed by atoms with van der Waals surface area (Å²) in [5, 5.41) is 3.02. The zero-order valence-electron chi connectivity index (χ0n) is 18.8. The van der Waals surface area contributed by atoms with Gasteiger partial charge in [-0.05, 0) is 70.2 Å². The lowest BCUT2D eigenvalue weighted by atomic mass is 10.1. The Balaban J connectivity index is 1.89. The van der Waals surface area contributed by atoms with Crippen LogP contribution in [0.1, 0.15) is 45.2 Å². The fourth-order valence-electron chi connectivity index (χ4n) is 3.19. The summed E-state index contributed by atoms with van der Waals surface area (Å²) >= 11 is 0. The average molecular weight is 414 g/mol. The molecule has 0 spiro atoms. The van der Waals surface area contributed by atoms with Crippen LogP contribution in [0.5, 0.6) is 11.5 Å². The Bertz CT molecular complexity index is 774. The fraction of sp³-hybridized carbons (Fsp3) is 0.480. The first-order chi connectivity index (χ1) is 14.4. The molecule has 1 atom stereocenters. The maximum Gasteiger partial charge on any atom is 0.249 e. The maximum atomic E-state index is 12.7. The van der Waals surface area contributed by atoms with Crippen molar-refractivity contribution in [2.45, 2.75) is 65.3 Å². The van der Waals surface area contributed by atoms with E-state index in [-0.39, 0.29) is 18.1 Å². The van der Waals surface area contributed by atoms with Crippen LogP contribution in [0, 0.1) is 0 Å². The number of benzene rings is 2. The molecule has 0 aromatic heterocycles. The number of hydrogen-bond acceptors (Lipinski definition) is 4. The van der Waals surface area contributed by atoms with Gasteiger partial charge in [-0.15, -0.1) is 0 Å². The molecule has 0 bridgehead atoms. The molecule has 1 N–H and O–H groups in total. The zero-order valence-corrected chi connectivity index (χ0v) is 18.8. The van der Waals surface area contributed by atoms with Crippen molar-refractivity contribution in [2.75, 3.05) is 13.7 Å². The summed E-state index contributed by atoms with van der Waals surface area (Å²) in [4.78, 5) is 12.7. The Hall–Kier alpha value is -2.53. The Labute approximate surface area is 180 Å². The lowest BCUT2D eigenvalue weighted by Crippen LogP contribution is -2.39. The van der Waals surface area contributed by atoms with Gasteiger partial charge < -0.3 is 19.5 Å². The lowest BCUT2D eigenvalue weighted by Gasteiger charge is -2.20. The van der Waals surface area contributed by atoms with Crippen LogP contribution < -0.4 is 14.8 Å². The van der Waals surface area contributed by atoms with Crippen molar-refractivity contribution in [2.24, 2.45) is 0 Å². The van der Waals surface area contributed by atoms with Crippen molar-refractivity contribution in [1.29, 1.82) is 0 Å². The van der Waals surface area contributed by atoms with Crippen molar-refractivity contribution in [3.05, 3.63) is 59.7 Å². The molecule has 5 heteroatoms. The van der Waals surface area contributed by atoms with Gasteiger partial charge in [0, 0.05) is 6.54 Å². The minimum Gasteiger partial charge on any atom is -0.493 e. The zero-order chi connectivity index (χ0) is 21.9. The minimum absolute atomic E-state index is 0.00529. The molecule has 0 radical (unpaired) electrons. The molecule has 0 aliphatic rings. The summed E-state index contributed by atoms with van der Waals surface area (Å²) in [5.41, 5.74) is 2.28. The second-order valence-electron chi connectivity index (χ2n) is 7.89. The Morgan fingerprint density at radius 1 is 0.900 bits per heavy atom. The van der Waals surface area contributed by atoms with Crippen LogP contribution in [0.4, 0.5) is 0 Å². The number of carbonyl (C=O) groups is 1. The van der Waals surface area contributed by atoms with Crippen molar-refractivity contribution in [3.8, 4) is 11.5 Å². The molecule has 0 heterocycles. The van der Waals surface area contributed by atoms with Crippen molar-refractivity contribution in [1.82, 2.24) is 5.32 Å². The predicted molar refractivity (Wildman–Crippen MR) is 120 cm³/mol. The van der Waals surface area contributed by atoms with E-state index < -0.39 is 6.10 Å². The van der Waals surface area contributed by atoms with Gasteiger partial charge in [0.15, 0.2) is 11.5 Å². The fourth-order valence-corrected chi connectivity index (χ4v) is 3.19. The highest BCUT2D eigenvalue weighted by Gasteiger charge is 2.20. The van der Waals surface area contributed by atoms with E-state index in [0.29, 0.717) is 25.1 Å². The number of ether oxygens (including phenoxy) is 3. The van der Waals surface area contributed by atoms with E-state index in [1.807, 2.05) is 64.1 Å². The lowest BCUT2D eigenvalue weighted by molar-refractivity contribution is -0.136. The smallest absolute Gasteiger partial charge is 0.249 e. The van der Waals surface area contributed by atoms with Gasteiger partial charge in [-0.1, -0.05) is 36.4 Å². The number of aryl methyl sites for hydroxylation is 1. The van der Waals surface area contributed by atoms with Crippen molar-refractivity contribution >= 4 is 5.91 Å². The molecule has 0 saturated carbocycles. The topological polar surface area (TPSA) is 56.8 Å². The average Bonchev–Trinajstić information content (AvgIpc) is 2.72. The number of rotatable bonds is 12. The highest BCUT2D eigenvalue weighted by molar-refractivity contribution is 5.80. The van der Waals surface area contributed by atoms with Gasteiger partial charge in [0.25, 0.3) is 0 Å².